The van der Waals surface area contributed by atoms with Gasteiger partial charge >= 0.3 is 0 Å². The van der Waals surface area contributed by atoms with Gasteiger partial charge in [-0.3, -0.25) is 0 Å². The molecule has 11 heteroatoms. The van der Waals surface area contributed by atoms with Crippen LogP contribution in [0.3, 0.4) is 0 Å². The highest BCUT2D eigenvalue weighted by Gasteiger charge is 2.28. The van der Waals surface area contributed by atoms with Crippen molar-refractivity contribution in [3.05, 3.63) is 522 Å². The third kappa shape index (κ3) is 14.3. The number of hydrogen-bond acceptors (Lipinski definition) is 8. The van der Waals surface area contributed by atoms with Gasteiger partial charge in [0.1, 0.15) is 22.3 Å². The summed E-state index contributed by atoms with van der Waals surface area (Å²) >= 11 is 1.88. The zero-order valence-electron chi connectivity index (χ0n) is 79.0. The van der Waals surface area contributed by atoms with Crippen molar-refractivity contribution >= 4 is 207 Å². The monoisotopic (exact) mass is 1880 g/mol. The third-order valence-corrected chi connectivity index (χ3v) is 30.0. The Hall–Kier alpha value is -19.3. The highest BCUT2D eigenvalue weighted by molar-refractivity contribution is 7.26. The molecule has 7 aromatic heterocycles. The van der Waals surface area contributed by atoms with Crippen molar-refractivity contribution in [1.29, 1.82) is 0 Å². The summed E-state index contributed by atoms with van der Waals surface area (Å²) < 4.78 is 23.1. The van der Waals surface area contributed by atoms with Crippen LogP contribution in [0, 0.1) is 0 Å². The van der Waals surface area contributed by atoms with E-state index in [9.17, 15) is 0 Å². The van der Waals surface area contributed by atoms with Crippen molar-refractivity contribution in [2.75, 3.05) is 9.80 Å². The van der Waals surface area contributed by atoms with Crippen LogP contribution in [0.4, 0.5) is 34.1 Å². The summed E-state index contributed by atoms with van der Waals surface area (Å²) in [6.07, 6.45) is 0. The number of anilines is 6. The van der Waals surface area contributed by atoms with Crippen LogP contribution >= 0.6 is 11.3 Å². The van der Waals surface area contributed by atoms with E-state index in [0.717, 1.165) is 156 Å². The second-order valence-electron chi connectivity index (χ2n) is 37.1. The Morgan fingerprint density at radius 1 is 0.205 bits per heavy atom. The molecule has 10 nitrogen and oxygen atoms in total. The topological polar surface area (TPSA) is 86.2 Å². The quantitative estimate of drug-likeness (QED) is 0.107. The summed E-state index contributed by atoms with van der Waals surface area (Å²) in [5.74, 6) is 1.93. The number of furan rings is 2. The third-order valence-electron chi connectivity index (χ3n) is 28.8. The molecule has 30 rings (SSSR count). The molecule has 0 aliphatic carbocycles. The largest absolute Gasteiger partial charge is 0.455 e. The van der Waals surface area contributed by atoms with E-state index in [4.69, 9.17) is 23.8 Å². The number of fused-ring (bicyclic) bond motifs is 27. The van der Waals surface area contributed by atoms with Crippen molar-refractivity contribution in [3.8, 4) is 73.5 Å². The summed E-state index contributed by atoms with van der Waals surface area (Å²) in [6, 6.07) is 185. The van der Waals surface area contributed by atoms with Crippen molar-refractivity contribution in [1.82, 2.24) is 28.7 Å². The fourth-order valence-electron chi connectivity index (χ4n) is 22.2. The van der Waals surface area contributed by atoms with Crippen molar-refractivity contribution < 1.29 is 8.83 Å². The van der Waals surface area contributed by atoms with E-state index in [-0.39, 0.29) is 0 Å². The fourth-order valence-corrected chi connectivity index (χ4v) is 23.5. The van der Waals surface area contributed by atoms with E-state index in [1.807, 2.05) is 84.1 Å². The molecule has 0 atom stereocenters. The van der Waals surface area contributed by atoms with E-state index in [2.05, 4.69) is 472 Å². The molecular formula is C135H86N8O2S. The Bertz CT molecular complexity index is 10300. The summed E-state index contributed by atoms with van der Waals surface area (Å²) in [5.41, 5.74) is 28.0. The Balaban J connectivity index is 0.000000106. The van der Waals surface area contributed by atoms with Crippen LogP contribution in [0.1, 0.15) is 0 Å². The molecule has 30 aromatic rings. The normalized spacial score (nSPS) is 11.7. The molecule has 0 N–H and O–H groups in total. The molecule has 0 aliphatic heterocycles. The summed E-state index contributed by atoms with van der Waals surface area (Å²) in [4.78, 5) is 19.9. The van der Waals surface area contributed by atoms with E-state index in [1.165, 1.54) is 96.3 Å². The Morgan fingerprint density at radius 3 is 1.09 bits per heavy atom. The van der Waals surface area contributed by atoms with E-state index in [1.54, 1.807) is 0 Å². The van der Waals surface area contributed by atoms with Gasteiger partial charge in [0.25, 0.3) is 0 Å². The van der Waals surface area contributed by atoms with Gasteiger partial charge in [-0.25, -0.2) is 15.0 Å². The maximum Gasteiger partial charge on any atom is 0.166 e. The van der Waals surface area contributed by atoms with Crippen LogP contribution in [-0.4, -0.2) is 28.7 Å². The molecule has 0 saturated carbocycles. The van der Waals surface area contributed by atoms with Gasteiger partial charge in [0.15, 0.2) is 17.5 Å². The minimum atomic E-state index is 0.636. The molecule has 0 amide bonds. The lowest BCUT2D eigenvalue weighted by molar-refractivity contribution is 0.672. The highest BCUT2D eigenvalue weighted by atomic mass is 32.1. The van der Waals surface area contributed by atoms with Gasteiger partial charge in [-0.15, -0.1) is 11.3 Å². The Morgan fingerprint density at radius 2 is 0.562 bits per heavy atom. The smallest absolute Gasteiger partial charge is 0.166 e. The maximum atomic E-state index is 6.64. The first-order valence-corrected chi connectivity index (χ1v) is 50.2. The number of benzene rings is 23. The Kier molecular flexibility index (Phi) is 20.6. The second-order valence-corrected chi connectivity index (χ2v) is 38.1. The summed E-state index contributed by atoms with van der Waals surface area (Å²) in [7, 11) is 0. The Labute approximate surface area is 843 Å². The van der Waals surface area contributed by atoms with Gasteiger partial charge in [-0.2, -0.15) is 0 Å². The molecule has 0 fully saturated rings. The average molecular weight is 1880 g/mol. The molecule has 684 valence electrons. The predicted molar refractivity (Wildman–Crippen MR) is 612 cm³/mol. The van der Waals surface area contributed by atoms with Gasteiger partial charge in [0.2, 0.25) is 0 Å². The lowest BCUT2D eigenvalue weighted by Crippen LogP contribution is -2.13. The minimum Gasteiger partial charge on any atom is -0.455 e. The molecule has 0 bridgehead atoms. The van der Waals surface area contributed by atoms with Crippen LogP contribution in [-0.2, 0) is 0 Å². The van der Waals surface area contributed by atoms with Crippen LogP contribution < -0.4 is 9.80 Å². The first-order chi connectivity index (χ1) is 72.5. The number of thiophene rings is 1. The average Bonchev–Trinajstić information content (AvgIpc) is 1.56. The number of aromatic nitrogens is 6. The lowest BCUT2D eigenvalue weighted by Gasteiger charge is -2.28. The molecule has 0 radical (unpaired) electrons. The molecule has 0 spiro atoms. The molecule has 0 aliphatic rings. The molecule has 0 saturated heterocycles. The van der Waals surface area contributed by atoms with Gasteiger partial charge in [-0.05, 0) is 196 Å². The SMILES string of the molecule is c1ccc(-c2ccc(N(c3ccccc3)c3cccc(-n4c5ccccc5c5c6c(ccc7c8ccccc8oc76)ccc54)c3)cc2)cc1.c1ccc(-c2ccc(N(c3ccccc3)c3ccccc3-n3c4ccccc4c4c5c(ccc6c7ccccc7oc65)ccc43)cc2)cc1.c1ccc(-c2nc(-c3ccccc3)nc(-c3ccccc3-n3c4ccccc4c4c5c(ccc6c7ccccc7sc65)ccc43)n2)cc1. The minimum absolute atomic E-state index is 0.636. The van der Waals surface area contributed by atoms with Crippen molar-refractivity contribution in [3.63, 3.8) is 0 Å². The van der Waals surface area contributed by atoms with E-state index in [0.29, 0.717) is 17.5 Å². The molecule has 0 unspecified atom stereocenters. The first kappa shape index (κ1) is 84.7. The van der Waals surface area contributed by atoms with E-state index < -0.39 is 0 Å². The maximum absolute atomic E-state index is 6.64. The standard InChI is InChI=1S/2C46H30N2O.C43H26N4S/c1-3-13-31(14-4-1)32-23-27-35(28-24-32)47(34-15-5-2-6-16-34)40-20-10-11-21-41(40)48-39-19-9-7-18-38(39)45-42(48)30-26-33-25-29-37-36-17-8-12-22-43(36)49-46(37)44(33)45;1-3-12-31(13-4-1)32-22-26-35(27-23-32)47(34-14-5-2-6-15-34)36-16-11-17-37(30-36)48-41-20-9-7-19-40(41)45-42(48)29-25-33-24-28-39-38-18-8-10-21-43(38)49-46(39)44(33)45;1-3-13-28(14-4-1)41-44-42(29-15-5-2-6-16-29)46-43(45-41)33-19-8-11-21-35(33)47-34-20-10-7-18-32(34)39-36(47)26-24-27-23-25-31-30-17-9-12-22-37(30)48-40(31)38(27)39/h2*1-30H;1-26H. The fraction of sp³-hybridized carbons (Fsp3) is 0. The van der Waals surface area contributed by atoms with Crippen molar-refractivity contribution in [2.24, 2.45) is 0 Å². The summed E-state index contributed by atoms with van der Waals surface area (Å²) in [6.45, 7) is 0. The first-order valence-electron chi connectivity index (χ1n) is 49.4. The molecular weight excluding hydrogens is 1800 g/mol. The molecule has 7 heterocycles. The second kappa shape index (κ2) is 35.5. The van der Waals surface area contributed by atoms with Crippen LogP contribution in [0.5, 0.6) is 0 Å². The van der Waals surface area contributed by atoms with Crippen molar-refractivity contribution in [2.45, 2.75) is 0 Å². The number of para-hydroxylation sites is 10. The number of rotatable bonds is 14. The molecule has 23 aromatic carbocycles. The number of hydrogen-bond donors (Lipinski definition) is 0. The number of nitrogens with zero attached hydrogens (tertiary/aromatic N) is 8. The van der Waals surface area contributed by atoms with Gasteiger partial charge in [-0.1, -0.05) is 364 Å². The van der Waals surface area contributed by atoms with E-state index >= 15 is 0 Å². The molecule has 146 heavy (non-hydrogen) atoms. The predicted octanol–water partition coefficient (Wildman–Crippen LogP) is 37.4. The lowest BCUT2D eigenvalue weighted by atomic mass is 10.0. The summed E-state index contributed by atoms with van der Waals surface area (Å²) in [5, 5.41) is 21.7. The van der Waals surface area contributed by atoms with Gasteiger partial charge in [0, 0.05) is 141 Å². The highest BCUT2D eigenvalue weighted by Crippen LogP contribution is 2.51. The van der Waals surface area contributed by atoms with Crippen LogP contribution in [0.2, 0.25) is 0 Å². The zero-order chi connectivity index (χ0) is 96.2. The van der Waals surface area contributed by atoms with Crippen LogP contribution in [0.25, 0.3) is 235 Å². The zero-order valence-corrected chi connectivity index (χ0v) is 79.8. The van der Waals surface area contributed by atoms with Gasteiger partial charge in [0.05, 0.1) is 50.2 Å². The van der Waals surface area contributed by atoms with Gasteiger partial charge < -0.3 is 32.3 Å². The van der Waals surface area contributed by atoms with Crippen LogP contribution in [0.15, 0.2) is 531 Å².